The number of benzene rings is 1. The first kappa shape index (κ1) is 13.5. The van der Waals surface area contributed by atoms with Gasteiger partial charge in [0.15, 0.2) is 0 Å². The third-order valence-corrected chi connectivity index (χ3v) is 4.71. The van der Waals surface area contributed by atoms with Crippen LogP contribution in [0.15, 0.2) is 30.3 Å². The predicted molar refractivity (Wildman–Crippen MR) is 72.5 cm³/mol. The molecule has 18 heavy (non-hydrogen) atoms. The molecule has 3 N–H and O–H groups in total. The van der Waals surface area contributed by atoms with Gasteiger partial charge in [-0.25, -0.2) is 13.1 Å². The maximum atomic E-state index is 11.6. The van der Waals surface area contributed by atoms with Crippen LogP contribution in [0.4, 0.5) is 0 Å². The molecule has 1 fully saturated rings. The molecule has 0 saturated heterocycles. The fourth-order valence-electron chi connectivity index (χ4n) is 1.89. The fourth-order valence-corrected chi connectivity index (χ4v) is 3.39. The Hall–Kier alpha value is -0.910. The van der Waals surface area contributed by atoms with E-state index in [2.05, 4.69) is 4.72 Å². The van der Waals surface area contributed by atoms with E-state index in [1.165, 1.54) is 0 Å². The van der Waals surface area contributed by atoms with Crippen molar-refractivity contribution in [1.82, 2.24) is 4.72 Å². The molecule has 0 aliphatic heterocycles. The summed E-state index contributed by atoms with van der Waals surface area (Å²) >= 11 is 0. The Labute approximate surface area is 109 Å². The molecular formula is C13H20N2O2S. The average molecular weight is 268 g/mol. The molecule has 1 atom stereocenters. The quantitative estimate of drug-likeness (QED) is 0.785. The SMILES string of the molecule is NC(CCNS(=O)(=O)CC1CC1)c1ccccc1. The first-order valence-electron chi connectivity index (χ1n) is 6.35. The molecule has 100 valence electrons. The highest BCUT2D eigenvalue weighted by atomic mass is 32.2. The summed E-state index contributed by atoms with van der Waals surface area (Å²) < 4.78 is 25.9. The zero-order chi connectivity index (χ0) is 13.0. The third-order valence-electron chi connectivity index (χ3n) is 3.16. The summed E-state index contributed by atoms with van der Waals surface area (Å²) in [5.74, 6) is 0.651. The zero-order valence-electron chi connectivity index (χ0n) is 10.4. The van der Waals surface area contributed by atoms with Crippen LogP contribution in [0.3, 0.4) is 0 Å². The minimum absolute atomic E-state index is 0.116. The van der Waals surface area contributed by atoms with Gasteiger partial charge in [-0.2, -0.15) is 0 Å². The van der Waals surface area contributed by atoms with E-state index in [4.69, 9.17) is 5.73 Å². The van der Waals surface area contributed by atoms with Crippen molar-refractivity contribution in [1.29, 1.82) is 0 Å². The Balaban J connectivity index is 1.74. The number of hydrogen-bond donors (Lipinski definition) is 2. The second kappa shape index (κ2) is 5.82. The summed E-state index contributed by atoms with van der Waals surface area (Å²) in [6.45, 7) is 0.408. The van der Waals surface area contributed by atoms with Crippen molar-refractivity contribution >= 4 is 10.0 Å². The van der Waals surface area contributed by atoms with Crippen LogP contribution in [-0.4, -0.2) is 20.7 Å². The summed E-state index contributed by atoms with van der Waals surface area (Å²) in [7, 11) is -3.10. The normalized spacial score (nSPS) is 17.6. The fraction of sp³-hybridized carbons (Fsp3) is 0.538. The van der Waals surface area contributed by atoms with Crippen molar-refractivity contribution in [3.8, 4) is 0 Å². The smallest absolute Gasteiger partial charge is 0.211 e. The Morgan fingerprint density at radius 3 is 2.56 bits per heavy atom. The Kier molecular flexibility index (Phi) is 4.37. The molecule has 1 aromatic carbocycles. The molecule has 5 heteroatoms. The van der Waals surface area contributed by atoms with E-state index in [0.717, 1.165) is 18.4 Å². The van der Waals surface area contributed by atoms with Crippen molar-refractivity contribution in [3.05, 3.63) is 35.9 Å². The summed E-state index contributed by atoms with van der Waals surface area (Å²) in [4.78, 5) is 0. The molecule has 1 aromatic rings. The maximum absolute atomic E-state index is 11.6. The van der Waals surface area contributed by atoms with Crippen LogP contribution < -0.4 is 10.5 Å². The van der Waals surface area contributed by atoms with Crippen LogP contribution in [0, 0.1) is 5.92 Å². The van der Waals surface area contributed by atoms with Gasteiger partial charge < -0.3 is 5.73 Å². The average Bonchev–Trinajstić information content (AvgIpc) is 3.13. The number of hydrogen-bond acceptors (Lipinski definition) is 3. The zero-order valence-corrected chi connectivity index (χ0v) is 11.2. The van der Waals surface area contributed by atoms with Gasteiger partial charge in [0, 0.05) is 12.6 Å². The van der Waals surface area contributed by atoms with Crippen LogP contribution >= 0.6 is 0 Å². The molecule has 0 radical (unpaired) electrons. The summed E-state index contributed by atoms with van der Waals surface area (Å²) in [6.07, 6.45) is 2.71. The lowest BCUT2D eigenvalue weighted by molar-refractivity contribution is 0.566. The van der Waals surface area contributed by atoms with Gasteiger partial charge in [0.05, 0.1) is 5.75 Å². The Morgan fingerprint density at radius 1 is 1.28 bits per heavy atom. The maximum Gasteiger partial charge on any atom is 0.211 e. The standard InChI is InChI=1S/C13H20N2O2S/c14-13(12-4-2-1-3-5-12)8-9-15-18(16,17)10-11-6-7-11/h1-5,11,13,15H,6-10,14H2. The highest BCUT2D eigenvalue weighted by Gasteiger charge is 2.27. The minimum Gasteiger partial charge on any atom is -0.324 e. The summed E-state index contributed by atoms with van der Waals surface area (Å²) in [5.41, 5.74) is 7.04. The number of rotatable bonds is 7. The van der Waals surface area contributed by atoms with Crippen LogP contribution in [0.2, 0.25) is 0 Å². The van der Waals surface area contributed by atoms with Gasteiger partial charge in [-0.1, -0.05) is 30.3 Å². The molecule has 1 aliphatic rings. The van der Waals surface area contributed by atoms with Gasteiger partial charge in [0.2, 0.25) is 10.0 Å². The Morgan fingerprint density at radius 2 is 1.94 bits per heavy atom. The van der Waals surface area contributed by atoms with Crippen molar-refractivity contribution in [2.75, 3.05) is 12.3 Å². The molecule has 2 rings (SSSR count). The summed E-state index contributed by atoms with van der Waals surface area (Å²) in [6, 6.07) is 9.62. The van der Waals surface area contributed by atoms with Gasteiger partial charge in [0.25, 0.3) is 0 Å². The van der Waals surface area contributed by atoms with E-state index in [1.54, 1.807) is 0 Å². The molecule has 4 nitrogen and oxygen atoms in total. The van der Waals surface area contributed by atoms with Gasteiger partial charge >= 0.3 is 0 Å². The van der Waals surface area contributed by atoms with Gasteiger partial charge in [-0.3, -0.25) is 0 Å². The van der Waals surface area contributed by atoms with E-state index in [0.29, 0.717) is 18.9 Å². The van der Waals surface area contributed by atoms with E-state index in [-0.39, 0.29) is 11.8 Å². The molecule has 0 heterocycles. The lowest BCUT2D eigenvalue weighted by atomic mass is 10.1. The van der Waals surface area contributed by atoms with Crippen molar-refractivity contribution < 1.29 is 8.42 Å². The first-order valence-corrected chi connectivity index (χ1v) is 8.00. The largest absolute Gasteiger partial charge is 0.324 e. The molecule has 0 spiro atoms. The van der Waals surface area contributed by atoms with Crippen LogP contribution in [0.25, 0.3) is 0 Å². The van der Waals surface area contributed by atoms with Crippen molar-refractivity contribution in [3.63, 3.8) is 0 Å². The third kappa shape index (κ3) is 4.40. The number of sulfonamides is 1. The second-order valence-electron chi connectivity index (χ2n) is 4.92. The first-order chi connectivity index (χ1) is 8.57. The Bertz CT molecular complexity index is 469. The minimum atomic E-state index is -3.10. The van der Waals surface area contributed by atoms with Crippen LogP contribution in [-0.2, 0) is 10.0 Å². The lowest BCUT2D eigenvalue weighted by Crippen LogP contribution is -2.30. The van der Waals surface area contributed by atoms with Crippen molar-refractivity contribution in [2.45, 2.75) is 25.3 Å². The summed E-state index contributed by atoms with van der Waals surface area (Å²) in [5, 5.41) is 0. The highest BCUT2D eigenvalue weighted by Crippen LogP contribution is 2.29. The number of nitrogens with two attached hydrogens (primary N) is 1. The van der Waals surface area contributed by atoms with Crippen molar-refractivity contribution in [2.24, 2.45) is 11.7 Å². The molecule has 1 aliphatic carbocycles. The predicted octanol–water partition coefficient (Wildman–Crippen LogP) is 1.41. The molecule has 1 saturated carbocycles. The van der Waals surface area contributed by atoms with E-state index in [1.807, 2.05) is 30.3 Å². The van der Waals surface area contributed by atoms with E-state index < -0.39 is 10.0 Å². The lowest BCUT2D eigenvalue weighted by Gasteiger charge is -2.12. The highest BCUT2D eigenvalue weighted by molar-refractivity contribution is 7.89. The molecule has 0 bridgehead atoms. The van der Waals surface area contributed by atoms with Gasteiger partial charge in [-0.15, -0.1) is 0 Å². The molecule has 0 amide bonds. The monoisotopic (exact) mass is 268 g/mol. The van der Waals surface area contributed by atoms with Crippen LogP contribution in [0.1, 0.15) is 30.9 Å². The van der Waals surface area contributed by atoms with Gasteiger partial charge in [0.1, 0.15) is 0 Å². The molecular weight excluding hydrogens is 248 g/mol. The second-order valence-corrected chi connectivity index (χ2v) is 6.78. The topological polar surface area (TPSA) is 72.2 Å². The van der Waals surface area contributed by atoms with Gasteiger partial charge in [-0.05, 0) is 30.7 Å². The molecule has 1 unspecified atom stereocenters. The van der Waals surface area contributed by atoms with Crippen LogP contribution in [0.5, 0.6) is 0 Å². The van der Waals surface area contributed by atoms with E-state index in [9.17, 15) is 8.42 Å². The van der Waals surface area contributed by atoms with E-state index >= 15 is 0 Å². The molecule has 0 aromatic heterocycles. The number of nitrogens with one attached hydrogen (secondary N) is 1.